The molecule has 2 aliphatic heterocycles. The van der Waals surface area contributed by atoms with Gasteiger partial charge in [0.15, 0.2) is 0 Å². The third kappa shape index (κ3) is 3.24. The van der Waals surface area contributed by atoms with E-state index < -0.39 is 5.60 Å². The average molecular weight is 458 g/mol. The molecule has 0 unspecified atom stereocenters. The summed E-state index contributed by atoms with van der Waals surface area (Å²) >= 11 is 0. The van der Waals surface area contributed by atoms with Crippen molar-refractivity contribution in [1.29, 1.82) is 0 Å². The molecule has 6 aliphatic rings. The van der Waals surface area contributed by atoms with Crippen molar-refractivity contribution in [2.24, 2.45) is 46.8 Å². The summed E-state index contributed by atoms with van der Waals surface area (Å²) in [5.74, 6) is 3.56. The van der Waals surface area contributed by atoms with Crippen LogP contribution in [-0.4, -0.2) is 58.5 Å². The molecule has 2 heterocycles. The third-order valence-electron chi connectivity index (χ3n) is 11.7. The van der Waals surface area contributed by atoms with Crippen LogP contribution in [0.5, 0.6) is 0 Å². The second-order valence-electron chi connectivity index (χ2n) is 13.2. The van der Waals surface area contributed by atoms with E-state index in [1.807, 2.05) is 6.92 Å². The summed E-state index contributed by atoms with van der Waals surface area (Å²) in [6.45, 7) is 9.62. The molecular weight excluding hydrogens is 414 g/mol. The van der Waals surface area contributed by atoms with E-state index in [1.165, 1.54) is 18.4 Å². The Balaban J connectivity index is 1.29. The summed E-state index contributed by atoms with van der Waals surface area (Å²) < 4.78 is 5.36. The molecule has 0 radical (unpaired) electrons. The van der Waals surface area contributed by atoms with Gasteiger partial charge in [-0.2, -0.15) is 0 Å². The van der Waals surface area contributed by atoms with Crippen LogP contribution in [0.15, 0.2) is 11.6 Å². The number of allylic oxidation sites excluding steroid dienone is 1. The zero-order valence-electron chi connectivity index (χ0n) is 20.7. The molecule has 184 valence electrons. The van der Waals surface area contributed by atoms with E-state index in [-0.39, 0.29) is 29.6 Å². The second kappa shape index (κ2) is 7.80. The van der Waals surface area contributed by atoms with Gasteiger partial charge in [-0.25, -0.2) is 0 Å². The van der Waals surface area contributed by atoms with Crippen LogP contribution in [0, 0.1) is 46.8 Å². The van der Waals surface area contributed by atoms with E-state index >= 15 is 0 Å². The van der Waals surface area contributed by atoms with Gasteiger partial charge in [-0.05, 0) is 92.8 Å². The van der Waals surface area contributed by atoms with Crippen LogP contribution in [0.2, 0.25) is 0 Å². The topological polar surface area (TPSA) is 70.0 Å². The predicted molar refractivity (Wildman–Crippen MR) is 126 cm³/mol. The summed E-state index contributed by atoms with van der Waals surface area (Å²) in [6, 6.07) is 0.198. The lowest BCUT2D eigenvalue weighted by atomic mass is 9.55. The minimum Gasteiger partial charge on any atom is -0.464 e. The zero-order chi connectivity index (χ0) is 23.1. The number of carbonyl (C=O) groups excluding carboxylic acids is 1. The number of aliphatic hydroxyl groups is 2. The lowest BCUT2D eigenvalue weighted by Crippen LogP contribution is -2.69. The van der Waals surface area contributed by atoms with Gasteiger partial charge in [-0.15, -0.1) is 0 Å². The molecule has 2 N–H and O–H groups in total. The van der Waals surface area contributed by atoms with Crippen LogP contribution in [0.25, 0.3) is 0 Å². The van der Waals surface area contributed by atoms with Gasteiger partial charge < -0.3 is 14.9 Å². The normalized spacial score (nSPS) is 55.8. The molecule has 12 atom stereocenters. The van der Waals surface area contributed by atoms with Gasteiger partial charge >= 0.3 is 0 Å². The SMILES string of the molecule is C[C@H]1CC[C@@H]2N(C1)C[C@H]1[C@@H]3C[C@H]4[C@@H](CC=C5C[C@@H](OC=O)CC[C@@]54C)[C@@H]3C[C@H](O)[C@@H]1[C@]2(C)O. The molecule has 0 aromatic rings. The molecule has 0 spiro atoms. The molecule has 5 heteroatoms. The van der Waals surface area contributed by atoms with Crippen molar-refractivity contribution in [3.8, 4) is 0 Å². The molecule has 0 aromatic carbocycles. The number of fused-ring (bicyclic) bond motifs is 8. The molecule has 0 amide bonds. The molecule has 4 aliphatic carbocycles. The maximum absolute atomic E-state index is 11.9. The van der Waals surface area contributed by atoms with Gasteiger partial charge in [0.05, 0.1) is 11.7 Å². The Morgan fingerprint density at radius 1 is 1.09 bits per heavy atom. The minimum absolute atomic E-state index is 0.00511. The summed E-state index contributed by atoms with van der Waals surface area (Å²) in [5.41, 5.74) is 0.903. The van der Waals surface area contributed by atoms with Crippen molar-refractivity contribution >= 4 is 6.47 Å². The summed E-state index contributed by atoms with van der Waals surface area (Å²) in [7, 11) is 0. The van der Waals surface area contributed by atoms with Crippen molar-refractivity contribution in [2.75, 3.05) is 13.1 Å². The molecule has 2 saturated heterocycles. The van der Waals surface area contributed by atoms with Crippen molar-refractivity contribution in [3.05, 3.63) is 11.6 Å². The lowest BCUT2D eigenvalue weighted by Gasteiger charge is -2.61. The second-order valence-corrected chi connectivity index (χ2v) is 13.2. The Hall–Kier alpha value is -0.910. The van der Waals surface area contributed by atoms with Gasteiger partial charge in [0, 0.05) is 31.5 Å². The maximum Gasteiger partial charge on any atom is 0.293 e. The maximum atomic E-state index is 11.9. The first-order valence-electron chi connectivity index (χ1n) is 13.7. The highest BCUT2D eigenvalue weighted by Crippen LogP contribution is 2.66. The van der Waals surface area contributed by atoms with Crippen LogP contribution in [-0.2, 0) is 9.53 Å². The van der Waals surface area contributed by atoms with Crippen LogP contribution in [0.4, 0.5) is 0 Å². The number of hydrogen-bond acceptors (Lipinski definition) is 5. The Bertz CT molecular complexity index is 825. The first kappa shape index (κ1) is 22.5. The van der Waals surface area contributed by atoms with E-state index in [2.05, 4.69) is 24.8 Å². The molecule has 5 fully saturated rings. The number of ether oxygens (including phenoxy) is 1. The van der Waals surface area contributed by atoms with Crippen molar-refractivity contribution in [1.82, 2.24) is 4.90 Å². The first-order chi connectivity index (χ1) is 15.7. The smallest absolute Gasteiger partial charge is 0.293 e. The van der Waals surface area contributed by atoms with Gasteiger partial charge in [0.1, 0.15) is 6.10 Å². The highest BCUT2D eigenvalue weighted by molar-refractivity contribution is 5.38. The summed E-state index contributed by atoms with van der Waals surface area (Å²) in [4.78, 5) is 13.5. The van der Waals surface area contributed by atoms with Gasteiger partial charge in [-0.1, -0.05) is 25.5 Å². The fourth-order valence-electron chi connectivity index (χ4n) is 10.2. The van der Waals surface area contributed by atoms with Gasteiger partial charge in [0.25, 0.3) is 6.47 Å². The van der Waals surface area contributed by atoms with E-state index in [1.54, 1.807) is 0 Å². The minimum atomic E-state index is -0.807. The van der Waals surface area contributed by atoms with Crippen molar-refractivity contribution in [3.63, 3.8) is 0 Å². The van der Waals surface area contributed by atoms with Gasteiger partial charge in [-0.3, -0.25) is 9.69 Å². The van der Waals surface area contributed by atoms with Gasteiger partial charge in [0.2, 0.25) is 0 Å². The predicted octanol–water partition coefficient (Wildman–Crippen LogP) is 3.78. The fourth-order valence-corrected chi connectivity index (χ4v) is 10.2. The highest BCUT2D eigenvalue weighted by atomic mass is 16.5. The molecule has 3 saturated carbocycles. The zero-order valence-corrected chi connectivity index (χ0v) is 20.7. The standard InChI is InChI=1S/C28H43NO4/c1-16-4-7-25-28(3,32)26-22(14-29(25)13-16)20-11-23-19(21(20)12-24(26)31)6-5-17-10-18(33-15-30)8-9-27(17,23)2/h5,15-16,18-26,31-32H,4,6-14H2,1-3H3/t16-,18-,19-,20+,21-,22-,23-,24-,25-,26+,27-,28+/m0/s1. The lowest BCUT2D eigenvalue weighted by molar-refractivity contribution is -0.208. The Morgan fingerprint density at radius 3 is 2.67 bits per heavy atom. The number of aliphatic hydroxyl groups excluding tert-OH is 1. The Morgan fingerprint density at radius 2 is 1.88 bits per heavy atom. The third-order valence-corrected chi connectivity index (χ3v) is 11.7. The number of rotatable bonds is 2. The summed E-state index contributed by atoms with van der Waals surface area (Å²) in [6.07, 6.45) is 10.5. The molecule has 0 bridgehead atoms. The first-order valence-corrected chi connectivity index (χ1v) is 13.7. The van der Waals surface area contributed by atoms with Crippen LogP contribution in [0.3, 0.4) is 0 Å². The average Bonchev–Trinajstić information content (AvgIpc) is 3.13. The number of piperidine rings is 2. The molecule has 6 rings (SSSR count). The molecular formula is C28H43NO4. The van der Waals surface area contributed by atoms with Crippen molar-refractivity contribution in [2.45, 2.75) is 96.0 Å². The Kier molecular flexibility index (Phi) is 5.33. The van der Waals surface area contributed by atoms with E-state index in [9.17, 15) is 15.0 Å². The number of carbonyl (C=O) groups is 1. The monoisotopic (exact) mass is 457 g/mol. The molecule has 33 heavy (non-hydrogen) atoms. The fraction of sp³-hybridized carbons (Fsp3) is 0.893. The molecule has 5 nitrogen and oxygen atoms in total. The van der Waals surface area contributed by atoms with Crippen LogP contribution in [0.1, 0.15) is 72.1 Å². The van der Waals surface area contributed by atoms with E-state index in [4.69, 9.17) is 4.74 Å². The van der Waals surface area contributed by atoms with Crippen LogP contribution >= 0.6 is 0 Å². The highest BCUT2D eigenvalue weighted by Gasteiger charge is 2.64. The van der Waals surface area contributed by atoms with Crippen LogP contribution < -0.4 is 0 Å². The van der Waals surface area contributed by atoms with Crippen molar-refractivity contribution < 1.29 is 19.7 Å². The van der Waals surface area contributed by atoms with E-state index in [0.29, 0.717) is 42.0 Å². The quantitative estimate of drug-likeness (QED) is 0.488. The summed E-state index contributed by atoms with van der Waals surface area (Å²) in [5, 5.41) is 23.3. The number of nitrogens with zero attached hydrogens (tertiary/aromatic N) is 1. The largest absolute Gasteiger partial charge is 0.464 e. The Labute approximate surface area is 198 Å². The number of hydrogen-bond donors (Lipinski definition) is 2. The molecule has 0 aromatic heterocycles. The van der Waals surface area contributed by atoms with E-state index in [0.717, 1.165) is 51.6 Å².